The average Bonchev–Trinajstić information content (AvgIpc) is 3.03. The molecule has 2 heterocycles. The number of nitrogens with zero attached hydrogens (tertiary/aromatic N) is 1. The highest BCUT2D eigenvalue weighted by Crippen LogP contribution is 2.37. The van der Waals surface area contributed by atoms with E-state index in [-0.39, 0.29) is 18.4 Å². The van der Waals surface area contributed by atoms with E-state index in [9.17, 15) is 9.59 Å². The van der Waals surface area contributed by atoms with Gasteiger partial charge in [0.25, 0.3) is 5.91 Å². The Bertz CT molecular complexity index is 712. The zero-order valence-electron chi connectivity index (χ0n) is 11.2. The van der Waals surface area contributed by atoms with Crippen molar-refractivity contribution in [1.82, 2.24) is 4.90 Å². The first kappa shape index (κ1) is 14.4. The number of carbonyl (C=O) groups excluding carboxylic acids is 1. The second kappa shape index (κ2) is 5.66. The standard InChI is InChI=1S/C15H14ClNO3S/c16-13-10-5-1-2-6-11(10)21-14(13)15(20)17-7-3-4-9(17)8-12(18)19/h1-2,5-6,9H,3-4,7-8H2,(H,18,19). The normalized spacial score (nSPS) is 18.3. The Morgan fingerprint density at radius 1 is 1.38 bits per heavy atom. The Morgan fingerprint density at radius 3 is 2.86 bits per heavy atom. The zero-order chi connectivity index (χ0) is 15.0. The highest BCUT2D eigenvalue weighted by atomic mass is 35.5. The molecule has 1 fully saturated rings. The van der Waals surface area contributed by atoms with Crippen LogP contribution in [0.15, 0.2) is 24.3 Å². The maximum atomic E-state index is 12.7. The van der Waals surface area contributed by atoms with Crippen LogP contribution in [0.4, 0.5) is 0 Å². The lowest BCUT2D eigenvalue weighted by Crippen LogP contribution is -2.36. The van der Waals surface area contributed by atoms with Gasteiger partial charge in [0.2, 0.25) is 0 Å². The molecular weight excluding hydrogens is 310 g/mol. The molecule has 3 rings (SSSR count). The summed E-state index contributed by atoms with van der Waals surface area (Å²) in [6.07, 6.45) is 1.57. The number of aliphatic carboxylic acids is 1. The number of benzene rings is 1. The van der Waals surface area contributed by atoms with Crippen LogP contribution >= 0.6 is 22.9 Å². The fourth-order valence-electron chi connectivity index (χ4n) is 2.80. The number of carboxylic acids is 1. The highest BCUT2D eigenvalue weighted by Gasteiger charge is 2.33. The van der Waals surface area contributed by atoms with Crippen molar-refractivity contribution >= 4 is 44.9 Å². The van der Waals surface area contributed by atoms with Gasteiger partial charge < -0.3 is 10.0 Å². The Morgan fingerprint density at radius 2 is 2.14 bits per heavy atom. The summed E-state index contributed by atoms with van der Waals surface area (Å²) < 4.78 is 0.972. The van der Waals surface area contributed by atoms with Crippen molar-refractivity contribution in [3.8, 4) is 0 Å². The molecule has 0 bridgehead atoms. The molecule has 0 spiro atoms. The molecule has 1 unspecified atom stereocenters. The van der Waals surface area contributed by atoms with Crippen molar-refractivity contribution in [3.63, 3.8) is 0 Å². The number of rotatable bonds is 3. The van der Waals surface area contributed by atoms with E-state index in [2.05, 4.69) is 0 Å². The summed E-state index contributed by atoms with van der Waals surface area (Å²) >= 11 is 7.70. The lowest BCUT2D eigenvalue weighted by Gasteiger charge is -2.23. The van der Waals surface area contributed by atoms with Crippen molar-refractivity contribution in [2.24, 2.45) is 0 Å². The molecule has 1 atom stereocenters. The Labute approximate surface area is 130 Å². The van der Waals surface area contributed by atoms with Crippen LogP contribution in [0.1, 0.15) is 28.9 Å². The predicted octanol–water partition coefficient (Wildman–Crippen LogP) is 3.63. The van der Waals surface area contributed by atoms with Gasteiger partial charge in [-0.15, -0.1) is 11.3 Å². The monoisotopic (exact) mass is 323 g/mol. The van der Waals surface area contributed by atoms with E-state index < -0.39 is 5.97 Å². The third kappa shape index (κ3) is 2.63. The molecule has 4 nitrogen and oxygen atoms in total. The van der Waals surface area contributed by atoms with Gasteiger partial charge in [0.05, 0.1) is 11.4 Å². The number of hydrogen-bond donors (Lipinski definition) is 1. The third-order valence-corrected chi connectivity index (χ3v) is 5.44. The second-order valence-electron chi connectivity index (χ2n) is 5.13. The van der Waals surface area contributed by atoms with Crippen molar-refractivity contribution in [2.45, 2.75) is 25.3 Å². The first-order valence-electron chi connectivity index (χ1n) is 6.77. The summed E-state index contributed by atoms with van der Waals surface area (Å²) in [4.78, 5) is 25.8. The van der Waals surface area contributed by atoms with Gasteiger partial charge in [0.15, 0.2) is 0 Å². The highest BCUT2D eigenvalue weighted by molar-refractivity contribution is 7.21. The number of carboxylic acid groups (broad SMARTS) is 1. The second-order valence-corrected chi connectivity index (χ2v) is 6.56. The number of amides is 1. The molecule has 1 aromatic carbocycles. The first-order valence-corrected chi connectivity index (χ1v) is 7.97. The number of carbonyl (C=O) groups is 2. The van der Waals surface area contributed by atoms with Crippen LogP contribution in [-0.4, -0.2) is 34.5 Å². The molecule has 110 valence electrons. The summed E-state index contributed by atoms with van der Waals surface area (Å²) in [6.45, 7) is 0.599. The van der Waals surface area contributed by atoms with E-state index in [1.54, 1.807) is 4.90 Å². The van der Waals surface area contributed by atoms with Gasteiger partial charge in [-0.25, -0.2) is 0 Å². The molecule has 2 aromatic rings. The fourth-order valence-corrected chi connectivity index (χ4v) is 4.27. The summed E-state index contributed by atoms with van der Waals surface area (Å²) in [5.74, 6) is -1.02. The topological polar surface area (TPSA) is 57.6 Å². The lowest BCUT2D eigenvalue weighted by molar-refractivity contribution is -0.137. The Hall–Kier alpha value is -1.59. The molecule has 6 heteroatoms. The maximum absolute atomic E-state index is 12.7. The van der Waals surface area contributed by atoms with Gasteiger partial charge in [-0.05, 0) is 18.9 Å². The minimum atomic E-state index is -0.873. The molecule has 0 aliphatic carbocycles. The van der Waals surface area contributed by atoms with E-state index in [0.29, 0.717) is 16.4 Å². The van der Waals surface area contributed by atoms with Crippen molar-refractivity contribution in [3.05, 3.63) is 34.2 Å². The van der Waals surface area contributed by atoms with Gasteiger partial charge in [0.1, 0.15) is 4.88 Å². The molecule has 1 aliphatic rings. The SMILES string of the molecule is O=C(O)CC1CCCN1C(=O)c1sc2ccccc2c1Cl. The van der Waals surface area contributed by atoms with Gasteiger partial charge >= 0.3 is 5.97 Å². The van der Waals surface area contributed by atoms with Crippen molar-refractivity contribution in [2.75, 3.05) is 6.54 Å². The quantitative estimate of drug-likeness (QED) is 0.938. The molecular formula is C15H14ClNO3S. The predicted molar refractivity (Wildman–Crippen MR) is 83.1 cm³/mol. The van der Waals surface area contributed by atoms with Crippen LogP contribution in [0, 0.1) is 0 Å². The smallest absolute Gasteiger partial charge is 0.305 e. The number of thiophene rings is 1. The van der Waals surface area contributed by atoms with E-state index in [0.717, 1.165) is 22.9 Å². The zero-order valence-corrected chi connectivity index (χ0v) is 12.8. The molecule has 1 amide bonds. The third-order valence-electron chi connectivity index (χ3n) is 3.78. The number of likely N-dealkylation sites (tertiary alicyclic amines) is 1. The maximum Gasteiger partial charge on any atom is 0.305 e. The minimum Gasteiger partial charge on any atom is -0.481 e. The molecule has 1 aliphatic heterocycles. The molecule has 0 saturated carbocycles. The largest absolute Gasteiger partial charge is 0.481 e. The molecule has 1 N–H and O–H groups in total. The van der Waals surface area contributed by atoms with Gasteiger partial charge in [-0.1, -0.05) is 29.8 Å². The van der Waals surface area contributed by atoms with Crippen LogP contribution in [0.2, 0.25) is 5.02 Å². The summed E-state index contributed by atoms with van der Waals surface area (Å²) in [7, 11) is 0. The molecule has 1 saturated heterocycles. The molecule has 21 heavy (non-hydrogen) atoms. The van der Waals surface area contributed by atoms with Crippen LogP contribution in [0.25, 0.3) is 10.1 Å². The fraction of sp³-hybridized carbons (Fsp3) is 0.333. The van der Waals surface area contributed by atoms with Gasteiger partial charge in [0, 0.05) is 22.7 Å². The lowest BCUT2D eigenvalue weighted by atomic mass is 10.1. The Balaban J connectivity index is 1.93. The molecule has 0 radical (unpaired) electrons. The van der Waals surface area contributed by atoms with Gasteiger partial charge in [-0.3, -0.25) is 9.59 Å². The van der Waals surface area contributed by atoms with Crippen LogP contribution in [0.3, 0.4) is 0 Å². The van der Waals surface area contributed by atoms with Gasteiger partial charge in [-0.2, -0.15) is 0 Å². The van der Waals surface area contributed by atoms with E-state index in [4.69, 9.17) is 16.7 Å². The average molecular weight is 324 g/mol. The van der Waals surface area contributed by atoms with Crippen LogP contribution in [-0.2, 0) is 4.79 Å². The van der Waals surface area contributed by atoms with E-state index >= 15 is 0 Å². The molecule has 1 aromatic heterocycles. The van der Waals surface area contributed by atoms with E-state index in [1.807, 2.05) is 24.3 Å². The van der Waals surface area contributed by atoms with Crippen LogP contribution in [0.5, 0.6) is 0 Å². The summed E-state index contributed by atoms with van der Waals surface area (Å²) in [5.41, 5.74) is 0. The van der Waals surface area contributed by atoms with E-state index in [1.165, 1.54) is 11.3 Å². The summed E-state index contributed by atoms with van der Waals surface area (Å²) in [6, 6.07) is 7.40. The number of hydrogen-bond acceptors (Lipinski definition) is 3. The van der Waals surface area contributed by atoms with Crippen molar-refractivity contribution in [1.29, 1.82) is 0 Å². The minimum absolute atomic E-state index is 0.00570. The van der Waals surface area contributed by atoms with Crippen molar-refractivity contribution < 1.29 is 14.7 Å². The van der Waals surface area contributed by atoms with Crippen LogP contribution < -0.4 is 0 Å². The number of fused-ring (bicyclic) bond motifs is 1. The first-order chi connectivity index (χ1) is 10.1. The number of halogens is 1. The summed E-state index contributed by atoms with van der Waals surface area (Å²) in [5, 5.41) is 10.3. The Kier molecular flexibility index (Phi) is 3.87.